The average molecular weight is 359 g/mol. The molecule has 0 aromatic heterocycles. The molecule has 2 rings (SSSR count). The van der Waals surface area contributed by atoms with Crippen LogP contribution < -0.4 is 6.15 Å². The molecule has 1 aromatic carbocycles. The third-order valence-electron chi connectivity index (χ3n) is 3.32. The van der Waals surface area contributed by atoms with E-state index in [2.05, 4.69) is 0 Å². The maximum absolute atomic E-state index is 11.7. The number of hydrogen-bond donors (Lipinski definition) is 3. The van der Waals surface area contributed by atoms with Crippen molar-refractivity contribution in [3.05, 3.63) is 66.3 Å². The van der Waals surface area contributed by atoms with Gasteiger partial charge in [0.15, 0.2) is 0 Å². The van der Waals surface area contributed by atoms with E-state index in [-0.39, 0.29) is 6.15 Å². The van der Waals surface area contributed by atoms with Gasteiger partial charge in [-0.25, -0.2) is 0 Å². The Hall–Kier alpha value is -1.78. The van der Waals surface area contributed by atoms with Crippen LogP contribution in [0.3, 0.4) is 0 Å². The maximum Gasteiger partial charge on any atom is 0.292 e. The second kappa shape index (κ2) is 6.77. The van der Waals surface area contributed by atoms with E-state index < -0.39 is 30.2 Å². The van der Waals surface area contributed by atoms with E-state index in [0.29, 0.717) is 5.56 Å². The predicted molar refractivity (Wildman–Crippen MR) is 88.1 cm³/mol. The molecule has 7 nitrogen and oxygen atoms in total. The summed E-state index contributed by atoms with van der Waals surface area (Å²) >= 11 is 0. The van der Waals surface area contributed by atoms with E-state index in [1.54, 1.807) is 30.3 Å². The normalized spacial score (nSPS) is 20.3. The first-order valence-electron chi connectivity index (χ1n) is 6.22. The molecule has 1 aliphatic carbocycles. The van der Waals surface area contributed by atoms with Gasteiger partial charge < -0.3 is 6.15 Å². The van der Waals surface area contributed by atoms with E-state index in [1.165, 1.54) is 24.3 Å². The molecule has 9 heteroatoms. The van der Waals surface area contributed by atoms with Crippen molar-refractivity contribution in [2.24, 2.45) is 5.92 Å². The molecule has 1 unspecified atom stereocenters. The van der Waals surface area contributed by atoms with Gasteiger partial charge in [-0.1, -0.05) is 60.7 Å². The van der Waals surface area contributed by atoms with Crippen molar-refractivity contribution in [1.82, 2.24) is 6.15 Å². The maximum atomic E-state index is 11.7. The Kier molecular flexibility index (Phi) is 5.67. The molecule has 0 spiro atoms. The smallest absolute Gasteiger partial charge is 0.292 e. The minimum Gasteiger partial charge on any atom is -0.344 e. The summed E-state index contributed by atoms with van der Waals surface area (Å²) in [6.45, 7) is 0. The highest BCUT2D eigenvalue weighted by atomic mass is 32.3. The fraction of sp³-hybridized carbons (Fsp3) is 0.143. The molecule has 0 radical (unpaired) electrons. The molecule has 1 aromatic rings. The highest BCUT2D eigenvalue weighted by Crippen LogP contribution is 2.38. The molecule has 1 atom stereocenters. The Bertz CT molecular complexity index is 807. The molecule has 0 fully saturated rings. The molecule has 0 amide bonds. The molecular weight excluding hydrogens is 342 g/mol. The zero-order valence-corrected chi connectivity index (χ0v) is 13.6. The van der Waals surface area contributed by atoms with E-state index >= 15 is 0 Å². The van der Waals surface area contributed by atoms with Crippen molar-refractivity contribution in [3.8, 4) is 0 Å². The van der Waals surface area contributed by atoms with Crippen LogP contribution in [0.1, 0.15) is 5.56 Å². The molecule has 0 saturated carbocycles. The van der Waals surface area contributed by atoms with E-state index in [9.17, 15) is 25.9 Å². The van der Waals surface area contributed by atoms with Gasteiger partial charge in [-0.3, -0.25) is 9.11 Å². The van der Waals surface area contributed by atoms with Crippen LogP contribution in [0.2, 0.25) is 0 Å². The van der Waals surface area contributed by atoms with Crippen molar-refractivity contribution in [3.63, 3.8) is 0 Å². The fourth-order valence-corrected chi connectivity index (χ4v) is 4.81. The first kappa shape index (κ1) is 19.3. The van der Waals surface area contributed by atoms with Crippen molar-refractivity contribution in [2.45, 2.75) is 4.08 Å². The largest absolute Gasteiger partial charge is 0.344 e. The molecule has 0 bridgehead atoms. The van der Waals surface area contributed by atoms with Crippen LogP contribution in [0, 0.1) is 5.92 Å². The Morgan fingerprint density at radius 2 is 1.52 bits per heavy atom. The lowest BCUT2D eigenvalue weighted by molar-refractivity contribution is 0.425. The first-order chi connectivity index (χ1) is 10.2. The minimum absolute atomic E-state index is 0. The van der Waals surface area contributed by atoms with Crippen LogP contribution in [0.4, 0.5) is 0 Å². The minimum atomic E-state index is -5.13. The van der Waals surface area contributed by atoms with Crippen LogP contribution >= 0.6 is 0 Å². The molecule has 0 saturated heterocycles. The lowest BCUT2D eigenvalue weighted by Gasteiger charge is -2.30. The van der Waals surface area contributed by atoms with Gasteiger partial charge >= 0.3 is 0 Å². The highest BCUT2D eigenvalue weighted by Gasteiger charge is 2.57. The van der Waals surface area contributed by atoms with Crippen LogP contribution in [0.25, 0.3) is 6.08 Å². The van der Waals surface area contributed by atoms with Crippen LogP contribution in [0.5, 0.6) is 0 Å². The van der Waals surface area contributed by atoms with E-state index in [4.69, 9.17) is 0 Å². The summed E-state index contributed by atoms with van der Waals surface area (Å²) in [5.41, 5.74) is 0.713. The summed E-state index contributed by atoms with van der Waals surface area (Å²) in [6.07, 6.45) is 7.44. The molecule has 23 heavy (non-hydrogen) atoms. The third kappa shape index (κ3) is 3.59. The summed E-state index contributed by atoms with van der Waals surface area (Å²) < 4.78 is 62.7. The van der Waals surface area contributed by atoms with Crippen LogP contribution in [-0.2, 0) is 20.2 Å². The molecule has 0 aliphatic heterocycles. The van der Waals surface area contributed by atoms with Crippen molar-refractivity contribution in [2.75, 3.05) is 0 Å². The van der Waals surface area contributed by atoms with Gasteiger partial charge in [-0.15, -0.1) is 0 Å². The second-order valence-corrected chi connectivity index (χ2v) is 8.22. The monoisotopic (exact) mass is 359 g/mol. The van der Waals surface area contributed by atoms with Gasteiger partial charge in [-0.2, -0.15) is 16.8 Å². The summed E-state index contributed by atoms with van der Waals surface area (Å²) in [5.74, 6) is -1.28. The van der Waals surface area contributed by atoms with Crippen LogP contribution in [-0.4, -0.2) is 30.0 Å². The number of benzene rings is 1. The van der Waals surface area contributed by atoms with Gasteiger partial charge in [-0.05, 0) is 11.6 Å². The molecular formula is C14H17NO6S2. The quantitative estimate of drug-likeness (QED) is 0.698. The zero-order chi connectivity index (χ0) is 16.4. The van der Waals surface area contributed by atoms with Gasteiger partial charge in [0.2, 0.25) is 4.08 Å². The fourth-order valence-electron chi connectivity index (χ4n) is 2.24. The lowest BCUT2D eigenvalue weighted by atomic mass is 9.98. The number of rotatable bonds is 4. The topological polar surface area (TPSA) is 144 Å². The van der Waals surface area contributed by atoms with Gasteiger partial charge in [0.1, 0.15) is 0 Å². The van der Waals surface area contributed by atoms with Gasteiger partial charge in [0, 0.05) is 5.92 Å². The number of allylic oxidation sites excluding steroid dienone is 4. The Balaban J connectivity index is 0.00000264. The highest BCUT2D eigenvalue weighted by molar-refractivity contribution is 8.05. The average Bonchev–Trinajstić information content (AvgIpc) is 2.44. The third-order valence-corrected chi connectivity index (χ3v) is 7.02. The summed E-state index contributed by atoms with van der Waals surface area (Å²) in [4.78, 5) is 0. The summed E-state index contributed by atoms with van der Waals surface area (Å²) in [5, 5.41) is 0. The lowest BCUT2D eigenvalue weighted by Crippen LogP contribution is -2.50. The molecule has 0 heterocycles. The summed E-state index contributed by atoms with van der Waals surface area (Å²) in [7, 11) is -10.3. The van der Waals surface area contributed by atoms with Crippen molar-refractivity contribution >= 4 is 26.3 Å². The standard InChI is InChI=1S/C14H14O6S2.H3N/c15-21(16,17)14(22(18,19)20)11-5-4-8-13(14)10-9-12-6-2-1-3-7-12;/h1-11,13H,(H,15,16,17)(H,18,19,20);1H3. The molecule has 1 aliphatic rings. The Morgan fingerprint density at radius 3 is 2.04 bits per heavy atom. The van der Waals surface area contributed by atoms with E-state index in [0.717, 1.165) is 12.2 Å². The van der Waals surface area contributed by atoms with Crippen molar-refractivity contribution in [1.29, 1.82) is 0 Å². The molecule has 126 valence electrons. The Labute approximate surface area is 135 Å². The van der Waals surface area contributed by atoms with Gasteiger partial charge in [0.05, 0.1) is 0 Å². The summed E-state index contributed by atoms with van der Waals surface area (Å²) in [6, 6.07) is 8.79. The van der Waals surface area contributed by atoms with E-state index in [1.807, 2.05) is 0 Å². The first-order valence-corrected chi connectivity index (χ1v) is 9.10. The second-order valence-electron chi connectivity index (χ2n) is 4.71. The number of hydrogen-bond acceptors (Lipinski definition) is 5. The SMILES string of the molecule is N.O=S(=O)(O)C1(S(=O)(=O)O)C=CC=CC1C=Cc1ccccc1. The van der Waals surface area contributed by atoms with Crippen LogP contribution in [0.15, 0.2) is 60.7 Å². The molecule has 5 N–H and O–H groups in total. The predicted octanol–water partition coefficient (Wildman–Crippen LogP) is 2.08. The van der Waals surface area contributed by atoms with Gasteiger partial charge in [0.25, 0.3) is 20.2 Å². The Morgan fingerprint density at radius 1 is 0.957 bits per heavy atom. The zero-order valence-electron chi connectivity index (χ0n) is 12.0. The van der Waals surface area contributed by atoms with Crippen molar-refractivity contribution < 1.29 is 25.9 Å².